The number of ether oxygens (including phenoxy) is 1. The lowest BCUT2D eigenvalue weighted by Gasteiger charge is -2.14. The maximum atomic E-state index is 12.1. The molecule has 0 radical (unpaired) electrons. The standard InChI is InChI=1S/C14H15NO7/c1-22-14(21)9-5-3-2-4-8(9)12(18)15-10(13(19)20)6-7-11(16)17/h2-5,10H,6-7H2,1H3,(H,15,18)(H,16,17)(H,19,20). The Hall–Kier alpha value is -2.90. The van der Waals surface area contributed by atoms with Gasteiger partial charge in [-0.2, -0.15) is 0 Å². The summed E-state index contributed by atoms with van der Waals surface area (Å²) in [4.78, 5) is 45.2. The Balaban J connectivity index is 2.93. The molecule has 1 rings (SSSR count). The van der Waals surface area contributed by atoms with Crippen LogP contribution >= 0.6 is 0 Å². The van der Waals surface area contributed by atoms with Crippen LogP contribution in [0.3, 0.4) is 0 Å². The Bertz CT molecular complexity index is 597. The summed E-state index contributed by atoms with van der Waals surface area (Å²) >= 11 is 0. The van der Waals surface area contributed by atoms with E-state index >= 15 is 0 Å². The SMILES string of the molecule is COC(=O)c1ccccc1C(=O)NC(CCC(=O)O)C(=O)O. The second-order valence-electron chi connectivity index (χ2n) is 4.33. The summed E-state index contributed by atoms with van der Waals surface area (Å²) in [7, 11) is 1.16. The van der Waals surface area contributed by atoms with Crippen molar-refractivity contribution in [2.24, 2.45) is 0 Å². The molecule has 8 heteroatoms. The molecular weight excluding hydrogens is 294 g/mol. The molecule has 22 heavy (non-hydrogen) atoms. The van der Waals surface area contributed by atoms with E-state index in [1.54, 1.807) is 0 Å². The summed E-state index contributed by atoms with van der Waals surface area (Å²) in [5, 5.41) is 19.8. The summed E-state index contributed by atoms with van der Waals surface area (Å²) < 4.78 is 4.55. The molecule has 0 fully saturated rings. The molecule has 0 saturated carbocycles. The Morgan fingerprint density at radius 1 is 1.14 bits per heavy atom. The molecule has 8 nitrogen and oxygen atoms in total. The molecule has 1 amide bonds. The zero-order chi connectivity index (χ0) is 16.7. The van der Waals surface area contributed by atoms with E-state index in [1.165, 1.54) is 24.3 Å². The molecule has 0 saturated heterocycles. The minimum atomic E-state index is -1.37. The second-order valence-corrected chi connectivity index (χ2v) is 4.33. The van der Waals surface area contributed by atoms with Gasteiger partial charge in [0.15, 0.2) is 0 Å². The number of methoxy groups -OCH3 is 1. The molecule has 0 spiro atoms. The van der Waals surface area contributed by atoms with E-state index in [2.05, 4.69) is 10.1 Å². The zero-order valence-electron chi connectivity index (χ0n) is 11.7. The molecule has 3 N–H and O–H groups in total. The molecule has 1 unspecified atom stereocenters. The summed E-state index contributed by atoms with van der Waals surface area (Å²) in [6.45, 7) is 0. The normalized spacial score (nSPS) is 11.3. The van der Waals surface area contributed by atoms with Crippen LogP contribution in [-0.2, 0) is 14.3 Å². The van der Waals surface area contributed by atoms with Crippen LogP contribution in [0.15, 0.2) is 24.3 Å². The van der Waals surface area contributed by atoms with Crippen molar-refractivity contribution in [3.8, 4) is 0 Å². The van der Waals surface area contributed by atoms with Gasteiger partial charge in [-0.05, 0) is 18.6 Å². The number of rotatable bonds is 7. The van der Waals surface area contributed by atoms with E-state index in [0.29, 0.717) is 0 Å². The number of nitrogens with one attached hydrogen (secondary N) is 1. The van der Waals surface area contributed by atoms with Gasteiger partial charge in [-0.25, -0.2) is 9.59 Å². The summed E-state index contributed by atoms with van der Waals surface area (Å²) in [6, 6.07) is 4.39. The molecular formula is C14H15NO7. The van der Waals surface area contributed by atoms with Crippen LogP contribution in [0.5, 0.6) is 0 Å². The maximum Gasteiger partial charge on any atom is 0.338 e. The highest BCUT2D eigenvalue weighted by Gasteiger charge is 2.24. The molecule has 118 valence electrons. The van der Waals surface area contributed by atoms with Crippen LogP contribution in [0, 0.1) is 0 Å². The van der Waals surface area contributed by atoms with Gasteiger partial charge in [0.1, 0.15) is 6.04 Å². The van der Waals surface area contributed by atoms with Crippen LogP contribution in [0.25, 0.3) is 0 Å². The number of carbonyl (C=O) groups excluding carboxylic acids is 2. The fourth-order valence-electron chi connectivity index (χ4n) is 1.73. The average Bonchev–Trinajstić information content (AvgIpc) is 2.49. The monoisotopic (exact) mass is 309 g/mol. The number of esters is 1. The second kappa shape index (κ2) is 7.77. The number of aliphatic carboxylic acids is 2. The quantitative estimate of drug-likeness (QED) is 0.626. The molecule has 0 aliphatic heterocycles. The number of amides is 1. The third-order valence-electron chi connectivity index (χ3n) is 2.83. The smallest absolute Gasteiger partial charge is 0.338 e. The van der Waals surface area contributed by atoms with Crippen molar-refractivity contribution in [2.45, 2.75) is 18.9 Å². The highest BCUT2D eigenvalue weighted by atomic mass is 16.5. The summed E-state index contributed by atoms with van der Waals surface area (Å²) in [5.74, 6) is -4.05. The molecule has 0 bridgehead atoms. The molecule has 0 aromatic heterocycles. The minimum absolute atomic E-state index is 0.00938. The lowest BCUT2D eigenvalue weighted by molar-refractivity contribution is -0.140. The number of hydrogen-bond acceptors (Lipinski definition) is 5. The van der Waals surface area contributed by atoms with Gasteiger partial charge in [-0.1, -0.05) is 12.1 Å². The Kier molecular flexibility index (Phi) is 6.06. The number of benzene rings is 1. The van der Waals surface area contributed by atoms with Gasteiger partial charge in [-0.15, -0.1) is 0 Å². The van der Waals surface area contributed by atoms with E-state index in [9.17, 15) is 19.2 Å². The van der Waals surface area contributed by atoms with Crippen molar-refractivity contribution >= 4 is 23.8 Å². The third-order valence-corrected chi connectivity index (χ3v) is 2.83. The number of carboxylic acids is 2. The first-order valence-electron chi connectivity index (χ1n) is 6.29. The van der Waals surface area contributed by atoms with E-state index in [1.807, 2.05) is 0 Å². The maximum absolute atomic E-state index is 12.1. The van der Waals surface area contributed by atoms with Gasteiger partial charge in [0.2, 0.25) is 0 Å². The number of carboxylic acid groups (broad SMARTS) is 2. The van der Waals surface area contributed by atoms with E-state index in [4.69, 9.17) is 10.2 Å². The van der Waals surface area contributed by atoms with Gasteiger partial charge in [0.05, 0.1) is 18.2 Å². The molecule has 0 aliphatic carbocycles. The van der Waals surface area contributed by atoms with Crippen LogP contribution in [0.4, 0.5) is 0 Å². The molecule has 1 aromatic rings. The van der Waals surface area contributed by atoms with Crippen LogP contribution in [-0.4, -0.2) is 47.2 Å². The first kappa shape index (κ1) is 17.2. The van der Waals surface area contributed by atoms with Gasteiger partial charge in [0.25, 0.3) is 5.91 Å². The highest BCUT2D eigenvalue weighted by molar-refractivity contribution is 6.06. The van der Waals surface area contributed by atoms with Crippen LogP contribution < -0.4 is 5.32 Å². The molecule has 1 atom stereocenters. The molecule has 0 heterocycles. The summed E-state index contributed by atoms with van der Waals surface area (Å²) in [6.07, 6.45) is -0.674. The highest BCUT2D eigenvalue weighted by Crippen LogP contribution is 2.11. The molecule has 1 aromatic carbocycles. The molecule has 0 aliphatic rings. The van der Waals surface area contributed by atoms with Gasteiger partial charge in [0, 0.05) is 6.42 Å². The van der Waals surface area contributed by atoms with Crippen LogP contribution in [0.2, 0.25) is 0 Å². The fraction of sp³-hybridized carbons (Fsp3) is 0.286. The van der Waals surface area contributed by atoms with Crippen molar-refractivity contribution in [1.29, 1.82) is 0 Å². The van der Waals surface area contributed by atoms with E-state index in [0.717, 1.165) is 7.11 Å². The Morgan fingerprint density at radius 2 is 1.73 bits per heavy atom. The first-order chi connectivity index (χ1) is 10.4. The third kappa shape index (κ3) is 4.58. The topological polar surface area (TPSA) is 130 Å². The van der Waals surface area contributed by atoms with Gasteiger partial charge < -0.3 is 20.3 Å². The first-order valence-corrected chi connectivity index (χ1v) is 6.29. The van der Waals surface area contributed by atoms with Crippen molar-refractivity contribution in [2.75, 3.05) is 7.11 Å². The number of hydrogen-bond donors (Lipinski definition) is 3. The van der Waals surface area contributed by atoms with Crippen LogP contribution in [0.1, 0.15) is 33.6 Å². The fourth-order valence-corrected chi connectivity index (χ4v) is 1.73. The largest absolute Gasteiger partial charge is 0.481 e. The van der Waals surface area contributed by atoms with Gasteiger partial charge in [-0.3, -0.25) is 9.59 Å². The van der Waals surface area contributed by atoms with E-state index < -0.39 is 36.3 Å². The Labute approximate surface area is 125 Å². The predicted octanol–water partition coefficient (Wildman–Crippen LogP) is 0.521. The van der Waals surface area contributed by atoms with Crippen molar-refractivity contribution in [1.82, 2.24) is 5.32 Å². The zero-order valence-corrected chi connectivity index (χ0v) is 11.7. The van der Waals surface area contributed by atoms with Crippen molar-refractivity contribution < 1.29 is 34.1 Å². The lowest BCUT2D eigenvalue weighted by Crippen LogP contribution is -2.41. The van der Waals surface area contributed by atoms with E-state index in [-0.39, 0.29) is 17.5 Å². The van der Waals surface area contributed by atoms with Crippen molar-refractivity contribution in [3.63, 3.8) is 0 Å². The van der Waals surface area contributed by atoms with Gasteiger partial charge >= 0.3 is 17.9 Å². The predicted molar refractivity (Wildman–Crippen MR) is 73.5 cm³/mol. The number of carbonyl (C=O) groups is 4. The van der Waals surface area contributed by atoms with Crippen molar-refractivity contribution in [3.05, 3.63) is 35.4 Å². The average molecular weight is 309 g/mol. The Morgan fingerprint density at radius 3 is 2.23 bits per heavy atom. The summed E-state index contributed by atoms with van der Waals surface area (Å²) in [5.41, 5.74) is -0.0548. The minimum Gasteiger partial charge on any atom is -0.481 e. The lowest BCUT2D eigenvalue weighted by atomic mass is 10.1.